The minimum Gasteiger partial charge on any atom is -0.394 e. The molecule has 0 aromatic carbocycles. The van der Waals surface area contributed by atoms with E-state index in [1.165, 1.54) is 12.8 Å². The highest BCUT2D eigenvalue weighted by Crippen LogP contribution is 2.16. The Hall–Kier alpha value is -0.770. The van der Waals surface area contributed by atoms with Crippen LogP contribution >= 0.6 is 0 Å². The van der Waals surface area contributed by atoms with Crippen LogP contribution in [0.15, 0.2) is 0 Å². The fourth-order valence-electron chi connectivity index (χ4n) is 2.27. The Morgan fingerprint density at radius 3 is 2.12 bits per heavy atom. The predicted octanol–water partition coefficient (Wildman–Crippen LogP) is 2.12. The van der Waals surface area contributed by atoms with Crippen LogP contribution in [0.4, 0.5) is 4.79 Å². The molecule has 4 nitrogen and oxygen atoms in total. The Balaban J connectivity index is 2.56. The van der Waals surface area contributed by atoms with E-state index >= 15 is 0 Å². The molecule has 0 radical (unpaired) electrons. The number of hydrogen-bond acceptors (Lipinski definition) is 2. The topological polar surface area (TPSA) is 52.6 Å². The summed E-state index contributed by atoms with van der Waals surface area (Å²) < 4.78 is 0. The summed E-state index contributed by atoms with van der Waals surface area (Å²) in [6.45, 7) is 5.71. The molecule has 1 fully saturated rings. The zero-order valence-corrected chi connectivity index (χ0v) is 11.2. The third-order valence-electron chi connectivity index (χ3n) is 3.92. The van der Waals surface area contributed by atoms with E-state index in [1.54, 1.807) is 0 Å². The van der Waals surface area contributed by atoms with Gasteiger partial charge in [0, 0.05) is 13.1 Å². The Morgan fingerprint density at radius 2 is 1.71 bits per heavy atom. The van der Waals surface area contributed by atoms with E-state index in [2.05, 4.69) is 5.32 Å². The lowest BCUT2D eigenvalue weighted by Gasteiger charge is -2.33. The van der Waals surface area contributed by atoms with Gasteiger partial charge in [-0.1, -0.05) is 26.7 Å². The highest BCUT2D eigenvalue weighted by molar-refractivity contribution is 5.75. The number of hydrogen-bond donors (Lipinski definition) is 2. The van der Waals surface area contributed by atoms with Gasteiger partial charge >= 0.3 is 6.03 Å². The van der Waals surface area contributed by atoms with Crippen molar-refractivity contribution < 1.29 is 9.90 Å². The quantitative estimate of drug-likeness (QED) is 0.793. The Labute approximate surface area is 104 Å². The summed E-state index contributed by atoms with van der Waals surface area (Å²) in [4.78, 5) is 14.0. The van der Waals surface area contributed by atoms with Crippen molar-refractivity contribution in [2.75, 3.05) is 19.7 Å². The van der Waals surface area contributed by atoms with Gasteiger partial charge in [-0.15, -0.1) is 0 Å². The van der Waals surface area contributed by atoms with Gasteiger partial charge in [-0.2, -0.15) is 0 Å². The van der Waals surface area contributed by atoms with E-state index in [0.29, 0.717) is 0 Å². The van der Waals surface area contributed by atoms with Crippen LogP contribution in [-0.2, 0) is 0 Å². The number of rotatable bonds is 4. The molecule has 1 aliphatic rings. The molecular weight excluding hydrogens is 216 g/mol. The van der Waals surface area contributed by atoms with Crippen molar-refractivity contribution in [2.24, 2.45) is 0 Å². The fraction of sp³-hybridized carbons (Fsp3) is 0.923. The maximum absolute atomic E-state index is 12.1. The average Bonchev–Trinajstić information content (AvgIpc) is 2.65. The second kappa shape index (κ2) is 6.84. The van der Waals surface area contributed by atoms with Crippen LogP contribution in [0, 0.1) is 0 Å². The lowest BCUT2D eigenvalue weighted by Crippen LogP contribution is -2.55. The van der Waals surface area contributed by atoms with Crippen LogP contribution in [0.2, 0.25) is 0 Å². The Bertz CT molecular complexity index is 223. The van der Waals surface area contributed by atoms with Gasteiger partial charge in [0.15, 0.2) is 0 Å². The van der Waals surface area contributed by atoms with Crippen LogP contribution in [0.25, 0.3) is 0 Å². The van der Waals surface area contributed by atoms with Crippen molar-refractivity contribution in [3.05, 3.63) is 0 Å². The first kappa shape index (κ1) is 14.3. The molecule has 0 aliphatic carbocycles. The van der Waals surface area contributed by atoms with Gasteiger partial charge in [0.05, 0.1) is 12.1 Å². The molecule has 0 spiro atoms. The molecule has 2 amide bonds. The van der Waals surface area contributed by atoms with Gasteiger partial charge in [-0.05, 0) is 25.7 Å². The maximum atomic E-state index is 12.1. The van der Waals surface area contributed by atoms with Gasteiger partial charge in [-0.25, -0.2) is 4.79 Å². The van der Waals surface area contributed by atoms with Crippen LogP contribution in [0.3, 0.4) is 0 Å². The summed E-state index contributed by atoms with van der Waals surface area (Å²) in [5.41, 5.74) is -0.441. The van der Waals surface area contributed by atoms with Gasteiger partial charge in [-0.3, -0.25) is 0 Å². The van der Waals surface area contributed by atoms with Gasteiger partial charge in [0.25, 0.3) is 0 Å². The first-order chi connectivity index (χ1) is 8.17. The molecule has 1 heterocycles. The molecule has 0 atom stereocenters. The summed E-state index contributed by atoms with van der Waals surface area (Å²) in [6.07, 6.45) is 6.15. The lowest BCUT2D eigenvalue weighted by atomic mass is 9.94. The Kier molecular flexibility index (Phi) is 5.75. The van der Waals surface area contributed by atoms with Crippen LogP contribution < -0.4 is 5.32 Å². The van der Waals surface area contributed by atoms with Crippen molar-refractivity contribution in [3.8, 4) is 0 Å². The monoisotopic (exact) mass is 242 g/mol. The maximum Gasteiger partial charge on any atom is 0.317 e. The minimum absolute atomic E-state index is 0.00958. The van der Waals surface area contributed by atoms with E-state index in [0.717, 1.165) is 38.8 Å². The van der Waals surface area contributed by atoms with Crippen LogP contribution in [0.5, 0.6) is 0 Å². The third kappa shape index (κ3) is 3.87. The van der Waals surface area contributed by atoms with E-state index < -0.39 is 5.54 Å². The first-order valence-electron chi connectivity index (χ1n) is 6.85. The van der Waals surface area contributed by atoms with Crippen molar-refractivity contribution in [3.63, 3.8) is 0 Å². The summed E-state index contributed by atoms with van der Waals surface area (Å²) in [5.74, 6) is 0. The summed E-state index contributed by atoms with van der Waals surface area (Å²) >= 11 is 0. The number of carbonyl (C=O) groups excluding carboxylic acids is 1. The molecule has 1 saturated heterocycles. The summed E-state index contributed by atoms with van der Waals surface area (Å²) in [6, 6.07) is -0.00958. The fourth-order valence-corrected chi connectivity index (χ4v) is 2.27. The second-order valence-electron chi connectivity index (χ2n) is 4.98. The SMILES string of the molecule is CCC(CC)(CO)NC(=O)N1CCCCCC1. The molecule has 1 rings (SSSR count). The standard InChI is InChI=1S/C13H26N2O2/c1-3-13(4-2,11-16)14-12(17)15-9-7-5-6-8-10-15/h16H,3-11H2,1-2H3,(H,14,17). The van der Waals surface area contributed by atoms with E-state index in [9.17, 15) is 9.90 Å². The summed E-state index contributed by atoms with van der Waals surface area (Å²) in [5, 5.41) is 12.5. The lowest BCUT2D eigenvalue weighted by molar-refractivity contribution is 0.136. The number of nitrogens with zero attached hydrogens (tertiary/aromatic N) is 1. The molecule has 2 N–H and O–H groups in total. The predicted molar refractivity (Wildman–Crippen MR) is 69.0 cm³/mol. The number of nitrogens with one attached hydrogen (secondary N) is 1. The molecule has 100 valence electrons. The number of aliphatic hydroxyl groups excluding tert-OH is 1. The van der Waals surface area contributed by atoms with Crippen molar-refractivity contribution in [1.29, 1.82) is 0 Å². The zero-order chi connectivity index (χ0) is 12.7. The minimum atomic E-state index is -0.441. The Morgan fingerprint density at radius 1 is 1.18 bits per heavy atom. The molecule has 0 bridgehead atoms. The smallest absolute Gasteiger partial charge is 0.317 e. The van der Waals surface area contributed by atoms with Gasteiger partial charge in [0.2, 0.25) is 0 Å². The van der Waals surface area contributed by atoms with Gasteiger partial charge < -0.3 is 15.3 Å². The second-order valence-corrected chi connectivity index (χ2v) is 4.98. The highest BCUT2D eigenvalue weighted by atomic mass is 16.3. The van der Waals surface area contributed by atoms with Gasteiger partial charge in [0.1, 0.15) is 0 Å². The third-order valence-corrected chi connectivity index (χ3v) is 3.92. The first-order valence-corrected chi connectivity index (χ1v) is 6.85. The number of aliphatic hydroxyl groups is 1. The largest absolute Gasteiger partial charge is 0.394 e. The molecule has 17 heavy (non-hydrogen) atoms. The molecule has 0 unspecified atom stereocenters. The average molecular weight is 242 g/mol. The molecule has 4 heteroatoms. The number of likely N-dealkylation sites (tertiary alicyclic amines) is 1. The molecule has 1 aliphatic heterocycles. The molecule has 0 aromatic rings. The molecule has 0 saturated carbocycles. The normalized spacial score (nSPS) is 17.7. The van der Waals surface area contributed by atoms with E-state index in [4.69, 9.17) is 0 Å². The summed E-state index contributed by atoms with van der Waals surface area (Å²) in [7, 11) is 0. The molecular formula is C13H26N2O2. The highest BCUT2D eigenvalue weighted by Gasteiger charge is 2.29. The zero-order valence-electron chi connectivity index (χ0n) is 11.2. The van der Waals surface area contributed by atoms with Crippen molar-refractivity contribution >= 4 is 6.03 Å². The van der Waals surface area contributed by atoms with Crippen LogP contribution in [0.1, 0.15) is 52.4 Å². The van der Waals surface area contributed by atoms with Crippen LogP contribution in [-0.4, -0.2) is 41.3 Å². The number of amides is 2. The van der Waals surface area contributed by atoms with E-state index in [1.807, 2.05) is 18.7 Å². The molecule has 0 aromatic heterocycles. The number of carbonyl (C=O) groups is 1. The van der Waals surface area contributed by atoms with E-state index in [-0.39, 0.29) is 12.6 Å². The van der Waals surface area contributed by atoms with Crippen molar-refractivity contribution in [2.45, 2.75) is 57.9 Å². The van der Waals surface area contributed by atoms with Crippen molar-refractivity contribution in [1.82, 2.24) is 10.2 Å². The number of urea groups is 1.